The number of nitrogens with one attached hydrogen (secondary N) is 2. The number of nitrogens with zero attached hydrogens (tertiary/aromatic N) is 2. The van der Waals surface area contributed by atoms with Crippen LogP contribution in [0.25, 0.3) is 0 Å². The van der Waals surface area contributed by atoms with Crippen LogP contribution >= 0.6 is 0 Å². The molecule has 0 saturated carbocycles. The van der Waals surface area contributed by atoms with Crippen molar-refractivity contribution in [1.82, 2.24) is 20.5 Å². The molecule has 0 aliphatic rings. The van der Waals surface area contributed by atoms with Gasteiger partial charge in [-0.05, 0) is 18.6 Å². The average molecular weight is 262 g/mol. The number of aryl methyl sites for hydroxylation is 1. The number of carbonyl (C=O) groups is 1. The van der Waals surface area contributed by atoms with Crippen LogP contribution in [-0.2, 0) is 6.42 Å². The van der Waals surface area contributed by atoms with E-state index in [0.29, 0.717) is 19.4 Å². The predicted octanol–water partition coefficient (Wildman–Crippen LogP) is 0.578. The average Bonchev–Trinajstić information content (AvgIpc) is 2.87. The lowest BCUT2D eigenvalue weighted by molar-refractivity contribution is 0.0947. The van der Waals surface area contributed by atoms with Crippen molar-refractivity contribution in [3.8, 4) is 11.5 Å². The largest absolute Gasteiger partial charge is 0.507 e. The van der Waals surface area contributed by atoms with E-state index in [1.165, 1.54) is 24.5 Å². The summed E-state index contributed by atoms with van der Waals surface area (Å²) >= 11 is 0. The second-order valence-electron chi connectivity index (χ2n) is 3.96. The summed E-state index contributed by atoms with van der Waals surface area (Å²) < 4.78 is 0. The third-order valence-electron chi connectivity index (χ3n) is 2.59. The van der Waals surface area contributed by atoms with Crippen molar-refractivity contribution in [2.24, 2.45) is 0 Å². The summed E-state index contributed by atoms with van der Waals surface area (Å²) in [6.07, 6.45) is 2.76. The molecule has 7 nitrogen and oxygen atoms in total. The Balaban J connectivity index is 1.84. The van der Waals surface area contributed by atoms with E-state index in [9.17, 15) is 15.0 Å². The van der Waals surface area contributed by atoms with Crippen molar-refractivity contribution in [3.63, 3.8) is 0 Å². The first-order valence-corrected chi connectivity index (χ1v) is 5.82. The molecular formula is C12H14N4O3. The Morgan fingerprint density at radius 2 is 2.05 bits per heavy atom. The molecule has 0 saturated heterocycles. The maximum absolute atomic E-state index is 11.8. The first-order valence-electron chi connectivity index (χ1n) is 5.82. The van der Waals surface area contributed by atoms with Gasteiger partial charge in [-0.25, -0.2) is 4.98 Å². The quantitative estimate of drug-likeness (QED) is 0.589. The van der Waals surface area contributed by atoms with Crippen molar-refractivity contribution >= 4 is 5.91 Å². The van der Waals surface area contributed by atoms with Crippen LogP contribution < -0.4 is 5.32 Å². The number of hydrogen-bond acceptors (Lipinski definition) is 5. The van der Waals surface area contributed by atoms with E-state index in [4.69, 9.17) is 0 Å². The number of amides is 1. The number of aromatic nitrogens is 3. The van der Waals surface area contributed by atoms with Gasteiger partial charge in [-0.3, -0.25) is 9.89 Å². The second-order valence-corrected chi connectivity index (χ2v) is 3.96. The van der Waals surface area contributed by atoms with Crippen LogP contribution in [0.2, 0.25) is 0 Å². The summed E-state index contributed by atoms with van der Waals surface area (Å²) in [5.74, 6) is -0.242. The highest BCUT2D eigenvalue weighted by molar-refractivity contribution is 5.99. The fraction of sp³-hybridized carbons (Fsp3) is 0.250. The topological polar surface area (TPSA) is 111 Å². The molecule has 0 spiro atoms. The molecule has 0 unspecified atom stereocenters. The Morgan fingerprint density at radius 1 is 1.32 bits per heavy atom. The highest BCUT2D eigenvalue weighted by Gasteiger charge is 2.15. The molecule has 1 amide bonds. The highest BCUT2D eigenvalue weighted by atomic mass is 16.3. The number of rotatable bonds is 5. The van der Waals surface area contributed by atoms with Gasteiger partial charge in [-0.2, -0.15) is 5.10 Å². The Morgan fingerprint density at radius 3 is 2.68 bits per heavy atom. The minimum atomic E-state index is -0.506. The van der Waals surface area contributed by atoms with E-state index in [1.807, 2.05) is 0 Å². The monoisotopic (exact) mass is 262 g/mol. The minimum Gasteiger partial charge on any atom is -0.507 e. The Labute approximate surface area is 109 Å². The molecule has 2 aromatic rings. The van der Waals surface area contributed by atoms with E-state index in [2.05, 4.69) is 20.5 Å². The minimum absolute atomic E-state index is 0.109. The van der Waals surface area contributed by atoms with Crippen LogP contribution in [0.15, 0.2) is 24.5 Å². The molecule has 7 heteroatoms. The molecule has 4 N–H and O–H groups in total. The first-order chi connectivity index (χ1) is 9.18. The lowest BCUT2D eigenvalue weighted by Gasteiger charge is -2.07. The summed E-state index contributed by atoms with van der Waals surface area (Å²) in [6, 6.07) is 4.16. The zero-order valence-corrected chi connectivity index (χ0v) is 10.1. The van der Waals surface area contributed by atoms with Crippen LogP contribution in [0.1, 0.15) is 22.6 Å². The molecule has 0 bridgehead atoms. The SMILES string of the molecule is O=C(NCCCc1ncn[nH]1)c1c(O)cccc1O. The van der Waals surface area contributed by atoms with Crippen LogP contribution in [0.5, 0.6) is 11.5 Å². The van der Waals surface area contributed by atoms with E-state index in [-0.39, 0.29) is 17.1 Å². The summed E-state index contributed by atoms with van der Waals surface area (Å²) in [5.41, 5.74) is -0.109. The van der Waals surface area contributed by atoms with Gasteiger partial charge in [0.15, 0.2) is 0 Å². The van der Waals surface area contributed by atoms with E-state index < -0.39 is 5.91 Å². The van der Waals surface area contributed by atoms with Gasteiger partial charge >= 0.3 is 0 Å². The third-order valence-corrected chi connectivity index (χ3v) is 2.59. The van der Waals surface area contributed by atoms with Crippen LogP contribution in [0.4, 0.5) is 0 Å². The molecule has 0 aliphatic carbocycles. The van der Waals surface area contributed by atoms with Gasteiger partial charge in [-0.15, -0.1) is 0 Å². The lowest BCUT2D eigenvalue weighted by atomic mass is 10.1. The molecular weight excluding hydrogens is 248 g/mol. The number of H-pyrrole nitrogens is 1. The zero-order valence-electron chi connectivity index (χ0n) is 10.1. The van der Waals surface area contributed by atoms with Crippen LogP contribution in [0.3, 0.4) is 0 Å². The lowest BCUT2D eigenvalue weighted by Crippen LogP contribution is -2.25. The second kappa shape index (κ2) is 5.85. The van der Waals surface area contributed by atoms with Gasteiger partial charge in [0.25, 0.3) is 5.91 Å². The maximum atomic E-state index is 11.8. The van der Waals surface area contributed by atoms with Crippen LogP contribution in [-0.4, -0.2) is 37.8 Å². The van der Waals surface area contributed by atoms with Gasteiger partial charge in [-0.1, -0.05) is 6.07 Å². The molecule has 2 rings (SSSR count). The summed E-state index contributed by atoms with van der Waals surface area (Å²) in [4.78, 5) is 15.7. The molecule has 100 valence electrons. The Kier molecular flexibility index (Phi) is 3.97. The number of aromatic hydroxyl groups is 2. The van der Waals surface area contributed by atoms with E-state index >= 15 is 0 Å². The highest BCUT2D eigenvalue weighted by Crippen LogP contribution is 2.25. The van der Waals surface area contributed by atoms with Crippen molar-refractivity contribution in [3.05, 3.63) is 35.9 Å². The number of hydrogen-bond donors (Lipinski definition) is 4. The molecule has 19 heavy (non-hydrogen) atoms. The fourth-order valence-corrected chi connectivity index (χ4v) is 1.66. The number of phenols is 2. The van der Waals surface area contributed by atoms with Gasteiger partial charge in [0.2, 0.25) is 0 Å². The van der Waals surface area contributed by atoms with Crippen molar-refractivity contribution in [2.45, 2.75) is 12.8 Å². The third kappa shape index (κ3) is 3.21. The molecule has 0 atom stereocenters. The first kappa shape index (κ1) is 12.9. The Hall–Kier alpha value is -2.57. The van der Waals surface area contributed by atoms with Gasteiger partial charge < -0.3 is 15.5 Å². The molecule has 1 aromatic heterocycles. The summed E-state index contributed by atoms with van der Waals surface area (Å²) in [7, 11) is 0. The van der Waals surface area contributed by atoms with Crippen molar-refractivity contribution in [2.75, 3.05) is 6.54 Å². The number of carbonyl (C=O) groups excluding carboxylic acids is 1. The number of aromatic amines is 1. The zero-order chi connectivity index (χ0) is 13.7. The standard InChI is InChI=1S/C12H14N4O3/c17-8-3-1-4-9(18)11(8)12(19)13-6-2-5-10-14-7-15-16-10/h1,3-4,7,17-18H,2,5-6H2,(H,13,19)(H,14,15,16). The number of phenolic OH excluding ortho intramolecular Hbond substituents is 2. The molecule has 0 radical (unpaired) electrons. The molecule has 0 fully saturated rings. The van der Waals surface area contributed by atoms with Gasteiger partial charge in [0.1, 0.15) is 29.2 Å². The summed E-state index contributed by atoms with van der Waals surface area (Å²) in [6.45, 7) is 0.410. The molecule has 1 aromatic carbocycles. The van der Waals surface area contributed by atoms with Crippen LogP contribution in [0, 0.1) is 0 Å². The molecule has 0 aliphatic heterocycles. The maximum Gasteiger partial charge on any atom is 0.258 e. The molecule has 1 heterocycles. The smallest absolute Gasteiger partial charge is 0.258 e. The van der Waals surface area contributed by atoms with Crippen molar-refractivity contribution < 1.29 is 15.0 Å². The predicted molar refractivity (Wildman–Crippen MR) is 66.8 cm³/mol. The number of benzene rings is 1. The summed E-state index contributed by atoms with van der Waals surface area (Å²) in [5, 5.41) is 28.1. The van der Waals surface area contributed by atoms with Gasteiger partial charge in [0.05, 0.1) is 0 Å². The Bertz CT molecular complexity index is 534. The van der Waals surface area contributed by atoms with E-state index in [1.54, 1.807) is 0 Å². The van der Waals surface area contributed by atoms with Gasteiger partial charge in [0, 0.05) is 13.0 Å². The van der Waals surface area contributed by atoms with Crippen molar-refractivity contribution in [1.29, 1.82) is 0 Å². The normalized spacial score (nSPS) is 10.3. The fourth-order valence-electron chi connectivity index (χ4n) is 1.66. The van der Waals surface area contributed by atoms with E-state index in [0.717, 1.165) is 5.82 Å².